The molecule has 0 aliphatic heterocycles. The van der Waals surface area contributed by atoms with Crippen molar-refractivity contribution in [3.8, 4) is 0 Å². The van der Waals surface area contributed by atoms with Gasteiger partial charge >= 0.3 is 29.6 Å². The first-order valence-corrected chi connectivity index (χ1v) is 16.3. The van der Waals surface area contributed by atoms with Gasteiger partial charge in [0.05, 0.1) is 11.6 Å². The van der Waals surface area contributed by atoms with Crippen molar-refractivity contribution < 1.29 is 53.3 Å². The van der Waals surface area contributed by atoms with Gasteiger partial charge in [-0.15, -0.1) is 0 Å². The van der Waals surface area contributed by atoms with Crippen LogP contribution in [0, 0.1) is 40.4 Å². The Labute approximate surface area is 253 Å². The topological polar surface area (TPSA) is 54.4 Å². The molecule has 1 aromatic carbocycles. The molecule has 212 valence electrons. The van der Waals surface area contributed by atoms with Crippen molar-refractivity contribution in [1.29, 1.82) is 0 Å². The fourth-order valence-electron chi connectivity index (χ4n) is 9.41. The summed E-state index contributed by atoms with van der Waals surface area (Å²) in [6.45, 7) is 8.58. The number of benzene rings is 1. The number of fused-ring (bicyclic) bond motifs is 5. The minimum atomic E-state index is -4.26. The quantitative estimate of drug-likeness (QED) is 0.495. The predicted molar refractivity (Wildman–Crippen MR) is 146 cm³/mol. The van der Waals surface area contributed by atoms with E-state index < -0.39 is 20.9 Å². The second kappa shape index (κ2) is 12.5. The van der Waals surface area contributed by atoms with Gasteiger partial charge in [-0.05, 0) is 123 Å². The Hall–Kier alpha value is -0.0100. The standard InChI is InChI=1S/C29H42F2O3S.C2H6.Na.H/c1-27-15-14-25-23(24(27)13-11-20(27)7-6-18-30)12-10-21-19-29(32,17-16-28(21,25)2)26(31)35(33,34)22-8-4-3-5-9-22;1-2;;/h3-5,8-9,20-21,23-26,32H,6-7,10-19H2,1-2H3;1-2H3;;/q;;+1;-1/t20?,21-,23+,24?,25?,26?,27-,28+,29?;;;/m1.../s1. The SMILES string of the molecule is CC.C[C@]12CCC3[C@@H](CC[C@@H]4CC(O)(C(F)S(=O)(=O)c5ccccc5)CC[C@]34C)C1CCC2CCCF.[H-].[Na+]. The van der Waals surface area contributed by atoms with Crippen LogP contribution < -0.4 is 29.6 Å². The van der Waals surface area contributed by atoms with Crippen LogP contribution in [-0.2, 0) is 9.84 Å². The Morgan fingerprint density at radius 1 is 0.974 bits per heavy atom. The van der Waals surface area contributed by atoms with E-state index in [9.17, 15) is 17.9 Å². The van der Waals surface area contributed by atoms with Crippen LogP contribution in [0.15, 0.2) is 35.2 Å². The molecule has 0 saturated heterocycles. The molecule has 4 aliphatic carbocycles. The number of hydrogen-bond donors (Lipinski definition) is 1. The molecule has 3 nitrogen and oxygen atoms in total. The van der Waals surface area contributed by atoms with Crippen molar-refractivity contribution in [3.63, 3.8) is 0 Å². The second-order valence-electron chi connectivity index (χ2n) is 12.8. The molecule has 5 unspecified atom stereocenters. The first-order chi connectivity index (χ1) is 17.6. The van der Waals surface area contributed by atoms with E-state index in [2.05, 4.69) is 13.8 Å². The molecule has 4 fully saturated rings. The van der Waals surface area contributed by atoms with Gasteiger partial charge in [0.2, 0.25) is 15.3 Å². The normalized spacial score (nSPS) is 40.9. The Balaban J connectivity index is 0.00000130. The summed E-state index contributed by atoms with van der Waals surface area (Å²) < 4.78 is 54.6. The number of hydrogen-bond acceptors (Lipinski definition) is 3. The van der Waals surface area contributed by atoms with Crippen molar-refractivity contribution in [1.82, 2.24) is 0 Å². The number of rotatable bonds is 6. The monoisotopic (exact) mass is 562 g/mol. The van der Waals surface area contributed by atoms with E-state index in [1.165, 1.54) is 31.4 Å². The summed E-state index contributed by atoms with van der Waals surface area (Å²) in [4.78, 5) is -0.0620. The molecule has 4 aliphatic rings. The summed E-state index contributed by atoms with van der Waals surface area (Å²) in [6.07, 6.45) is 9.56. The maximum atomic E-state index is 15.7. The fourth-order valence-corrected chi connectivity index (χ4v) is 11.0. The molecule has 7 heteroatoms. The van der Waals surface area contributed by atoms with Crippen LogP contribution in [0.3, 0.4) is 0 Å². The van der Waals surface area contributed by atoms with Gasteiger partial charge in [-0.2, -0.15) is 0 Å². The van der Waals surface area contributed by atoms with E-state index in [1.807, 2.05) is 13.8 Å². The number of alkyl halides is 2. The summed E-state index contributed by atoms with van der Waals surface area (Å²) in [5.74, 6) is 2.64. The molecule has 4 saturated carbocycles. The van der Waals surface area contributed by atoms with Gasteiger partial charge in [0, 0.05) is 0 Å². The van der Waals surface area contributed by atoms with E-state index in [1.54, 1.807) is 18.2 Å². The molecule has 0 spiro atoms. The Morgan fingerprint density at radius 2 is 1.63 bits per heavy atom. The summed E-state index contributed by atoms with van der Waals surface area (Å²) in [5.41, 5.74) is -3.81. The van der Waals surface area contributed by atoms with Crippen LogP contribution in [-0.4, -0.2) is 31.3 Å². The summed E-state index contributed by atoms with van der Waals surface area (Å²) in [5, 5.41) is 11.4. The number of sulfone groups is 1. The molecular formula is C31H49F2NaO3S. The van der Waals surface area contributed by atoms with E-state index in [-0.39, 0.29) is 66.7 Å². The molecule has 0 bridgehead atoms. The van der Waals surface area contributed by atoms with E-state index >= 15 is 4.39 Å². The fraction of sp³-hybridized carbons (Fsp3) is 0.806. The van der Waals surface area contributed by atoms with Gasteiger partial charge in [-0.25, -0.2) is 12.8 Å². The van der Waals surface area contributed by atoms with E-state index in [4.69, 9.17) is 0 Å². The zero-order valence-electron chi connectivity index (χ0n) is 25.3. The van der Waals surface area contributed by atoms with Gasteiger partial charge in [-0.3, -0.25) is 4.39 Å². The van der Waals surface area contributed by atoms with Crippen LogP contribution in [0.25, 0.3) is 0 Å². The van der Waals surface area contributed by atoms with Gasteiger partial charge in [-0.1, -0.05) is 45.9 Å². The minimum absolute atomic E-state index is 0. The van der Waals surface area contributed by atoms with Gasteiger partial charge in [0.15, 0.2) is 0 Å². The molecule has 0 radical (unpaired) electrons. The van der Waals surface area contributed by atoms with Gasteiger partial charge < -0.3 is 6.53 Å². The molecular weight excluding hydrogens is 513 g/mol. The van der Waals surface area contributed by atoms with Crippen molar-refractivity contribution in [2.45, 2.75) is 114 Å². The van der Waals surface area contributed by atoms with Crippen LogP contribution in [0.1, 0.15) is 99.8 Å². The van der Waals surface area contributed by atoms with Gasteiger partial charge in [0.1, 0.15) is 5.60 Å². The Bertz CT molecular complexity index is 1030. The second-order valence-corrected chi connectivity index (χ2v) is 14.8. The van der Waals surface area contributed by atoms with Crippen molar-refractivity contribution in [3.05, 3.63) is 30.3 Å². The van der Waals surface area contributed by atoms with Crippen LogP contribution >= 0.6 is 0 Å². The van der Waals surface area contributed by atoms with Crippen LogP contribution in [0.2, 0.25) is 0 Å². The molecule has 0 aromatic heterocycles. The zero-order chi connectivity index (χ0) is 27.1. The van der Waals surface area contributed by atoms with E-state index in [0.29, 0.717) is 41.9 Å². The largest absolute Gasteiger partial charge is 1.00 e. The molecule has 1 N–H and O–H groups in total. The van der Waals surface area contributed by atoms with Gasteiger partial charge in [0.25, 0.3) is 0 Å². The smallest absolute Gasteiger partial charge is 1.00 e. The summed E-state index contributed by atoms with van der Waals surface area (Å²) in [7, 11) is -4.26. The minimum Gasteiger partial charge on any atom is -1.00 e. The molecule has 0 heterocycles. The van der Waals surface area contributed by atoms with Crippen molar-refractivity contribution in [2.75, 3.05) is 6.67 Å². The molecule has 5 rings (SSSR count). The Kier molecular flexibility index (Phi) is 10.7. The molecule has 1 aromatic rings. The van der Waals surface area contributed by atoms with Crippen LogP contribution in [0.4, 0.5) is 8.78 Å². The first kappa shape index (κ1) is 32.5. The molecule has 9 atom stereocenters. The third-order valence-electron chi connectivity index (χ3n) is 11.4. The maximum absolute atomic E-state index is 15.7. The Morgan fingerprint density at radius 3 is 2.29 bits per heavy atom. The van der Waals surface area contributed by atoms with Crippen molar-refractivity contribution in [2.24, 2.45) is 40.4 Å². The zero-order valence-corrected chi connectivity index (χ0v) is 27.1. The predicted octanol–water partition coefficient (Wildman–Crippen LogP) is 5.04. The average Bonchev–Trinajstić information content (AvgIpc) is 3.25. The third kappa shape index (κ3) is 5.44. The molecule has 0 amide bonds. The maximum Gasteiger partial charge on any atom is 1.00 e. The van der Waals surface area contributed by atoms with Crippen molar-refractivity contribution >= 4 is 9.84 Å². The average molecular weight is 563 g/mol. The van der Waals surface area contributed by atoms with Crippen LogP contribution in [0.5, 0.6) is 0 Å². The summed E-state index contributed by atoms with van der Waals surface area (Å²) >= 11 is 0. The first-order valence-electron chi connectivity index (χ1n) is 14.8. The number of halogens is 2. The number of aliphatic hydroxyl groups is 1. The summed E-state index contributed by atoms with van der Waals surface area (Å²) in [6, 6.07) is 7.69. The van der Waals surface area contributed by atoms with E-state index in [0.717, 1.165) is 25.7 Å². The third-order valence-corrected chi connectivity index (χ3v) is 13.3. The molecule has 38 heavy (non-hydrogen) atoms.